The minimum Gasteiger partial charge on any atom is -0.481 e. The zero-order valence-corrected chi connectivity index (χ0v) is 11.8. The van der Waals surface area contributed by atoms with Crippen LogP contribution in [0.1, 0.15) is 26.7 Å². The maximum absolute atomic E-state index is 11.5. The Bertz CT molecular complexity index is 383. The molecule has 1 aliphatic rings. The molecular weight excluding hydrogens is 264 g/mol. The van der Waals surface area contributed by atoms with E-state index in [0.29, 0.717) is 25.9 Å². The molecule has 0 aromatic rings. The molecular formula is C13H22N2O5. The van der Waals surface area contributed by atoms with Crippen LogP contribution in [0.15, 0.2) is 0 Å². The van der Waals surface area contributed by atoms with Gasteiger partial charge in [0.2, 0.25) is 5.91 Å². The average Bonchev–Trinajstić information content (AvgIpc) is 2.35. The molecule has 1 heterocycles. The first-order valence-electron chi connectivity index (χ1n) is 6.78. The Morgan fingerprint density at radius 3 is 2.30 bits per heavy atom. The molecule has 1 fully saturated rings. The van der Waals surface area contributed by atoms with E-state index in [9.17, 15) is 14.4 Å². The molecule has 1 rings (SSSR count). The van der Waals surface area contributed by atoms with Gasteiger partial charge >= 0.3 is 11.9 Å². The fraction of sp³-hybridized carbons (Fsp3) is 0.769. The van der Waals surface area contributed by atoms with Crippen molar-refractivity contribution in [2.45, 2.75) is 32.7 Å². The van der Waals surface area contributed by atoms with Crippen LogP contribution in [0.4, 0.5) is 0 Å². The van der Waals surface area contributed by atoms with E-state index in [0.717, 1.165) is 0 Å². The predicted molar refractivity (Wildman–Crippen MR) is 71.2 cm³/mol. The topological polar surface area (TPSA) is 107 Å². The van der Waals surface area contributed by atoms with Crippen molar-refractivity contribution in [3.63, 3.8) is 0 Å². The molecule has 0 aromatic carbocycles. The molecule has 0 bridgehead atoms. The zero-order valence-electron chi connectivity index (χ0n) is 11.8. The Kier molecular flexibility index (Phi) is 5.94. The van der Waals surface area contributed by atoms with E-state index >= 15 is 0 Å². The summed E-state index contributed by atoms with van der Waals surface area (Å²) in [4.78, 5) is 35.5. The number of nitrogens with zero attached hydrogens (tertiary/aromatic N) is 1. The van der Waals surface area contributed by atoms with Gasteiger partial charge in [0.15, 0.2) is 0 Å². The number of piperidine rings is 1. The third kappa shape index (κ3) is 4.80. The minimum absolute atomic E-state index is 0.0759. The summed E-state index contributed by atoms with van der Waals surface area (Å²) in [7, 11) is 0. The van der Waals surface area contributed by atoms with Gasteiger partial charge in [-0.2, -0.15) is 0 Å². The van der Waals surface area contributed by atoms with Crippen molar-refractivity contribution >= 4 is 17.8 Å². The molecule has 0 radical (unpaired) electrons. The summed E-state index contributed by atoms with van der Waals surface area (Å²) in [5.41, 5.74) is 0. The number of aliphatic carboxylic acids is 2. The quantitative estimate of drug-likeness (QED) is 0.635. The molecule has 20 heavy (non-hydrogen) atoms. The predicted octanol–water partition coefficient (Wildman–Crippen LogP) is 0.00840. The van der Waals surface area contributed by atoms with Crippen molar-refractivity contribution in [3.05, 3.63) is 0 Å². The Labute approximate surface area is 117 Å². The molecule has 0 aliphatic carbocycles. The highest BCUT2D eigenvalue weighted by Gasteiger charge is 2.38. The van der Waals surface area contributed by atoms with Gasteiger partial charge in [0, 0.05) is 25.6 Å². The molecule has 7 nitrogen and oxygen atoms in total. The molecule has 1 amide bonds. The largest absolute Gasteiger partial charge is 0.481 e. The van der Waals surface area contributed by atoms with Crippen LogP contribution in [0, 0.1) is 11.8 Å². The molecule has 0 saturated carbocycles. The van der Waals surface area contributed by atoms with Gasteiger partial charge in [-0.3, -0.25) is 14.4 Å². The third-order valence-electron chi connectivity index (χ3n) is 3.44. The zero-order chi connectivity index (χ0) is 15.3. The lowest BCUT2D eigenvalue weighted by molar-refractivity contribution is -0.157. The van der Waals surface area contributed by atoms with Crippen LogP contribution in [0.2, 0.25) is 0 Å². The second-order valence-electron chi connectivity index (χ2n) is 5.45. The Balaban J connectivity index is 2.49. The van der Waals surface area contributed by atoms with Crippen molar-refractivity contribution in [3.8, 4) is 0 Å². The number of hydrogen-bond donors (Lipinski definition) is 3. The lowest BCUT2D eigenvalue weighted by atomic mass is 9.85. The number of carbonyl (C=O) groups excluding carboxylic acids is 1. The average molecular weight is 286 g/mol. The summed E-state index contributed by atoms with van der Waals surface area (Å²) in [6, 6.07) is 0.0759. The first-order chi connectivity index (χ1) is 9.31. The van der Waals surface area contributed by atoms with Gasteiger partial charge in [0.25, 0.3) is 0 Å². The van der Waals surface area contributed by atoms with Crippen LogP contribution in [-0.4, -0.2) is 58.6 Å². The van der Waals surface area contributed by atoms with Gasteiger partial charge in [-0.25, -0.2) is 0 Å². The van der Waals surface area contributed by atoms with Gasteiger partial charge in [0.05, 0.1) is 11.8 Å². The lowest BCUT2D eigenvalue weighted by Crippen LogP contribution is -2.47. The summed E-state index contributed by atoms with van der Waals surface area (Å²) in [6.45, 7) is 4.89. The van der Waals surface area contributed by atoms with Gasteiger partial charge in [-0.1, -0.05) is 0 Å². The van der Waals surface area contributed by atoms with Gasteiger partial charge < -0.3 is 20.4 Å². The number of rotatable bonds is 6. The van der Waals surface area contributed by atoms with Crippen molar-refractivity contribution in [2.75, 3.05) is 19.6 Å². The van der Waals surface area contributed by atoms with E-state index in [1.807, 2.05) is 18.7 Å². The number of carboxylic acids is 2. The van der Waals surface area contributed by atoms with E-state index in [-0.39, 0.29) is 18.5 Å². The minimum atomic E-state index is -1.09. The molecule has 7 heteroatoms. The molecule has 1 saturated heterocycles. The van der Waals surface area contributed by atoms with Gasteiger partial charge in [0.1, 0.15) is 0 Å². The fourth-order valence-corrected chi connectivity index (χ4v) is 2.42. The van der Waals surface area contributed by atoms with Crippen molar-refractivity contribution in [1.29, 1.82) is 0 Å². The number of amides is 1. The van der Waals surface area contributed by atoms with Crippen molar-refractivity contribution in [1.82, 2.24) is 10.2 Å². The highest BCUT2D eigenvalue weighted by molar-refractivity contribution is 5.80. The second kappa shape index (κ2) is 7.23. The fourth-order valence-electron chi connectivity index (χ4n) is 2.42. The summed E-state index contributed by atoms with van der Waals surface area (Å²) >= 11 is 0. The first kappa shape index (κ1) is 16.4. The van der Waals surface area contributed by atoms with E-state index in [4.69, 9.17) is 10.2 Å². The Morgan fingerprint density at radius 1 is 1.20 bits per heavy atom. The number of likely N-dealkylation sites (tertiary alicyclic amines) is 1. The lowest BCUT2D eigenvalue weighted by Gasteiger charge is -2.34. The number of carbonyl (C=O) groups is 3. The van der Waals surface area contributed by atoms with Crippen LogP contribution < -0.4 is 5.32 Å². The highest BCUT2D eigenvalue weighted by atomic mass is 16.4. The molecule has 0 aromatic heterocycles. The standard InChI is InChI=1S/C13H22N2O5/c1-8(2)14-11(16)4-6-15-5-3-9(12(17)18)10(7-15)13(19)20/h8-10H,3-7H2,1-2H3,(H,14,16)(H,17,18)(H,19,20). The Morgan fingerprint density at radius 2 is 1.80 bits per heavy atom. The van der Waals surface area contributed by atoms with E-state index < -0.39 is 23.8 Å². The van der Waals surface area contributed by atoms with E-state index in [1.165, 1.54) is 0 Å². The smallest absolute Gasteiger partial charge is 0.308 e. The number of nitrogens with one attached hydrogen (secondary N) is 1. The SMILES string of the molecule is CC(C)NC(=O)CCN1CCC(C(=O)O)C(C(=O)O)C1. The summed E-state index contributed by atoms with van der Waals surface area (Å²) < 4.78 is 0. The van der Waals surface area contributed by atoms with Crippen LogP contribution in [0.3, 0.4) is 0 Å². The van der Waals surface area contributed by atoms with E-state index in [2.05, 4.69) is 5.32 Å². The molecule has 3 N–H and O–H groups in total. The van der Waals surface area contributed by atoms with Gasteiger partial charge in [-0.05, 0) is 26.8 Å². The molecule has 114 valence electrons. The van der Waals surface area contributed by atoms with Crippen LogP contribution in [-0.2, 0) is 14.4 Å². The maximum atomic E-state index is 11.5. The normalized spacial score (nSPS) is 23.6. The van der Waals surface area contributed by atoms with Gasteiger partial charge in [-0.15, -0.1) is 0 Å². The molecule has 0 spiro atoms. The first-order valence-corrected chi connectivity index (χ1v) is 6.78. The highest BCUT2D eigenvalue weighted by Crippen LogP contribution is 2.24. The monoisotopic (exact) mass is 286 g/mol. The third-order valence-corrected chi connectivity index (χ3v) is 3.44. The van der Waals surface area contributed by atoms with Crippen LogP contribution in [0.5, 0.6) is 0 Å². The summed E-state index contributed by atoms with van der Waals surface area (Å²) in [6.07, 6.45) is 0.598. The summed E-state index contributed by atoms with van der Waals surface area (Å²) in [5.74, 6) is -3.97. The molecule has 2 atom stereocenters. The Hall–Kier alpha value is -1.63. The molecule has 2 unspecified atom stereocenters. The van der Waals surface area contributed by atoms with Crippen molar-refractivity contribution in [2.24, 2.45) is 11.8 Å². The van der Waals surface area contributed by atoms with Crippen LogP contribution in [0.25, 0.3) is 0 Å². The van der Waals surface area contributed by atoms with Crippen molar-refractivity contribution < 1.29 is 24.6 Å². The number of carboxylic acid groups (broad SMARTS) is 2. The number of hydrogen-bond acceptors (Lipinski definition) is 4. The second-order valence-corrected chi connectivity index (χ2v) is 5.45. The van der Waals surface area contributed by atoms with Crippen LogP contribution >= 0.6 is 0 Å². The summed E-state index contributed by atoms with van der Waals surface area (Å²) in [5, 5.41) is 20.9. The molecule has 1 aliphatic heterocycles. The maximum Gasteiger partial charge on any atom is 0.308 e. The van der Waals surface area contributed by atoms with E-state index in [1.54, 1.807) is 0 Å².